The predicted octanol–water partition coefficient (Wildman–Crippen LogP) is 2.23. The molecule has 0 bridgehead atoms. The van der Waals surface area contributed by atoms with Gasteiger partial charge in [0.15, 0.2) is 0 Å². The molecule has 0 aliphatic carbocycles. The number of piperidine rings is 1. The lowest BCUT2D eigenvalue weighted by Gasteiger charge is -2.32. The lowest BCUT2D eigenvalue weighted by molar-refractivity contribution is 0.180. The quantitative estimate of drug-likeness (QED) is 0.895. The van der Waals surface area contributed by atoms with E-state index >= 15 is 0 Å². The maximum atomic E-state index is 12.3. The van der Waals surface area contributed by atoms with Crippen molar-refractivity contribution >= 4 is 11.7 Å². The van der Waals surface area contributed by atoms with Crippen molar-refractivity contribution in [2.75, 3.05) is 25.0 Å². The summed E-state index contributed by atoms with van der Waals surface area (Å²) in [6.45, 7) is 4.68. The molecule has 6 nitrogen and oxygen atoms in total. The Morgan fingerprint density at radius 3 is 3.18 bits per heavy atom. The van der Waals surface area contributed by atoms with Crippen molar-refractivity contribution < 1.29 is 9.53 Å². The minimum Gasteiger partial charge on any atom is -0.476 e. The van der Waals surface area contributed by atoms with Gasteiger partial charge in [-0.2, -0.15) is 0 Å². The van der Waals surface area contributed by atoms with Gasteiger partial charge in [0.05, 0.1) is 6.61 Å². The summed E-state index contributed by atoms with van der Waals surface area (Å²) >= 11 is 0. The number of nitrogens with one attached hydrogen (secondary N) is 2. The molecule has 0 saturated carbocycles. The lowest BCUT2D eigenvalue weighted by atomic mass is 9.99. The van der Waals surface area contributed by atoms with E-state index in [1.165, 1.54) is 25.8 Å². The third-order valence-corrected chi connectivity index (χ3v) is 4.47. The molecule has 2 atom stereocenters. The van der Waals surface area contributed by atoms with Crippen LogP contribution in [-0.2, 0) is 0 Å². The second-order valence-electron chi connectivity index (χ2n) is 5.88. The molecular weight excluding hydrogens is 280 g/mol. The van der Waals surface area contributed by atoms with Crippen LogP contribution in [0.15, 0.2) is 18.3 Å². The number of ether oxygens (including phenoxy) is 1. The Morgan fingerprint density at radius 1 is 1.41 bits per heavy atom. The monoisotopic (exact) mass is 304 g/mol. The first kappa shape index (κ1) is 15.1. The van der Waals surface area contributed by atoms with E-state index in [9.17, 15) is 4.79 Å². The number of carbonyl (C=O) groups excluding carboxylic acids is 1. The van der Waals surface area contributed by atoms with Gasteiger partial charge in [-0.05, 0) is 44.9 Å². The Kier molecular flexibility index (Phi) is 4.77. The Hall–Kier alpha value is -1.82. The second-order valence-corrected chi connectivity index (χ2v) is 5.88. The molecule has 0 radical (unpaired) electrons. The summed E-state index contributed by atoms with van der Waals surface area (Å²) in [6.07, 6.45) is 6.41. The van der Waals surface area contributed by atoms with Crippen molar-refractivity contribution in [3.8, 4) is 5.88 Å². The molecule has 1 aromatic rings. The Morgan fingerprint density at radius 2 is 2.32 bits per heavy atom. The summed E-state index contributed by atoms with van der Waals surface area (Å²) in [5.41, 5.74) is 0.611. The van der Waals surface area contributed by atoms with Crippen LogP contribution >= 0.6 is 0 Å². The molecule has 22 heavy (non-hydrogen) atoms. The van der Waals surface area contributed by atoms with Crippen LogP contribution in [-0.4, -0.2) is 47.7 Å². The van der Waals surface area contributed by atoms with Crippen molar-refractivity contribution in [1.29, 1.82) is 0 Å². The highest BCUT2D eigenvalue weighted by Gasteiger charge is 2.36. The molecule has 2 N–H and O–H groups in total. The Labute approximate surface area is 131 Å². The molecule has 1 aromatic heterocycles. The summed E-state index contributed by atoms with van der Waals surface area (Å²) in [7, 11) is 0. The Balaban J connectivity index is 1.59. The standard InChI is InChI=1S/C16H24N4O2/c1-2-22-15-13(6-5-9-17-15)19-16(21)18-12-8-11-20-10-4-3-7-14(12)20/h5-6,9,12,14H,2-4,7-8,10-11H2,1H3,(H2,18,19,21)/t12-,14+/m0/s1. The van der Waals surface area contributed by atoms with E-state index in [0.29, 0.717) is 24.2 Å². The molecule has 2 amide bonds. The predicted molar refractivity (Wildman–Crippen MR) is 85.2 cm³/mol. The minimum absolute atomic E-state index is 0.175. The molecule has 2 aliphatic heterocycles. The number of nitrogens with zero attached hydrogens (tertiary/aromatic N) is 2. The van der Waals surface area contributed by atoms with Crippen molar-refractivity contribution in [2.45, 2.75) is 44.7 Å². The number of rotatable bonds is 4. The van der Waals surface area contributed by atoms with Gasteiger partial charge in [0.1, 0.15) is 5.69 Å². The van der Waals surface area contributed by atoms with E-state index in [1.54, 1.807) is 18.3 Å². The third-order valence-electron chi connectivity index (χ3n) is 4.47. The van der Waals surface area contributed by atoms with Gasteiger partial charge in [0.25, 0.3) is 0 Å². The zero-order valence-corrected chi connectivity index (χ0v) is 13.0. The number of hydrogen-bond acceptors (Lipinski definition) is 4. The number of aromatic nitrogens is 1. The van der Waals surface area contributed by atoms with Crippen LogP contribution in [0.1, 0.15) is 32.6 Å². The summed E-state index contributed by atoms with van der Waals surface area (Å²) in [6, 6.07) is 4.16. The first-order valence-corrected chi connectivity index (χ1v) is 8.17. The fourth-order valence-electron chi connectivity index (χ4n) is 3.48. The number of anilines is 1. The highest BCUT2D eigenvalue weighted by molar-refractivity contribution is 5.90. The third kappa shape index (κ3) is 3.32. The summed E-state index contributed by atoms with van der Waals surface area (Å²) in [5, 5.41) is 5.98. The molecule has 120 valence electrons. The van der Waals surface area contributed by atoms with E-state index in [4.69, 9.17) is 4.74 Å². The zero-order chi connectivity index (χ0) is 15.4. The van der Waals surface area contributed by atoms with Crippen LogP contribution in [0.2, 0.25) is 0 Å². The van der Waals surface area contributed by atoms with E-state index in [2.05, 4.69) is 20.5 Å². The normalized spacial score (nSPS) is 24.6. The smallest absolute Gasteiger partial charge is 0.319 e. The minimum atomic E-state index is -0.175. The molecule has 0 aromatic carbocycles. The zero-order valence-electron chi connectivity index (χ0n) is 13.0. The van der Waals surface area contributed by atoms with Gasteiger partial charge >= 0.3 is 6.03 Å². The SMILES string of the molecule is CCOc1ncccc1NC(=O)N[C@H]1CCN2CCCC[C@H]12. The maximum Gasteiger partial charge on any atom is 0.319 e. The van der Waals surface area contributed by atoms with E-state index in [0.717, 1.165) is 13.0 Å². The van der Waals surface area contributed by atoms with Crippen LogP contribution in [0.5, 0.6) is 5.88 Å². The van der Waals surface area contributed by atoms with Gasteiger partial charge in [-0.3, -0.25) is 4.90 Å². The second kappa shape index (κ2) is 6.96. The fraction of sp³-hybridized carbons (Fsp3) is 0.625. The van der Waals surface area contributed by atoms with Gasteiger partial charge < -0.3 is 15.4 Å². The molecule has 3 heterocycles. The largest absolute Gasteiger partial charge is 0.476 e. The molecule has 6 heteroatoms. The number of amides is 2. The van der Waals surface area contributed by atoms with Gasteiger partial charge in [0.2, 0.25) is 5.88 Å². The van der Waals surface area contributed by atoms with Crippen molar-refractivity contribution in [3.05, 3.63) is 18.3 Å². The summed E-state index contributed by atoms with van der Waals surface area (Å²) in [5.74, 6) is 0.464. The molecule has 0 unspecified atom stereocenters. The van der Waals surface area contributed by atoms with Crippen molar-refractivity contribution in [2.24, 2.45) is 0 Å². The van der Waals surface area contributed by atoms with E-state index in [-0.39, 0.29) is 12.1 Å². The first-order chi connectivity index (χ1) is 10.8. The molecule has 2 saturated heterocycles. The average molecular weight is 304 g/mol. The number of hydrogen-bond donors (Lipinski definition) is 2. The molecule has 3 rings (SSSR count). The first-order valence-electron chi connectivity index (χ1n) is 8.17. The summed E-state index contributed by atoms with van der Waals surface area (Å²) in [4.78, 5) is 18.9. The topological polar surface area (TPSA) is 66.5 Å². The summed E-state index contributed by atoms with van der Waals surface area (Å²) < 4.78 is 5.43. The number of carbonyl (C=O) groups is 1. The van der Waals surface area contributed by atoms with Crippen molar-refractivity contribution in [3.63, 3.8) is 0 Å². The molecular formula is C16H24N4O2. The van der Waals surface area contributed by atoms with Crippen LogP contribution in [0.4, 0.5) is 10.5 Å². The van der Waals surface area contributed by atoms with E-state index in [1.807, 2.05) is 6.92 Å². The molecule has 2 aliphatic rings. The van der Waals surface area contributed by atoms with Crippen LogP contribution < -0.4 is 15.4 Å². The maximum absolute atomic E-state index is 12.3. The molecule has 2 fully saturated rings. The van der Waals surface area contributed by atoms with Crippen LogP contribution in [0.3, 0.4) is 0 Å². The number of urea groups is 1. The molecule has 0 spiro atoms. The van der Waals surface area contributed by atoms with Crippen LogP contribution in [0, 0.1) is 0 Å². The average Bonchev–Trinajstić information content (AvgIpc) is 2.93. The Bertz CT molecular complexity index is 523. The van der Waals surface area contributed by atoms with Gasteiger partial charge in [-0.1, -0.05) is 6.42 Å². The lowest BCUT2D eigenvalue weighted by Crippen LogP contribution is -2.48. The highest BCUT2D eigenvalue weighted by Crippen LogP contribution is 2.27. The number of pyridine rings is 1. The van der Waals surface area contributed by atoms with Gasteiger partial charge in [0, 0.05) is 24.8 Å². The van der Waals surface area contributed by atoms with Gasteiger partial charge in [-0.15, -0.1) is 0 Å². The fourth-order valence-corrected chi connectivity index (χ4v) is 3.48. The number of fused-ring (bicyclic) bond motifs is 1. The van der Waals surface area contributed by atoms with E-state index < -0.39 is 0 Å². The highest BCUT2D eigenvalue weighted by atomic mass is 16.5. The van der Waals surface area contributed by atoms with Crippen LogP contribution in [0.25, 0.3) is 0 Å². The van der Waals surface area contributed by atoms with Crippen molar-refractivity contribution in [1.82, 2.24) is 15.2 Å². The van der Waals surface area contributed by atoms with Gasteiger partial charge in [-0.25, -0.2) is 9.78 Å².